The van der Waals surface area contributed by atoms with E-state index in [1.807, 2.05) is 0 Å². The lowest BCUT2D eigenvalue weighted by molar-refractivity contribution is -0.137. The Morgan fingerprint density at radius 3 is 2.52 bits per heavy atom. The summed E-state index contributed by atoms with van der Waals surface area (Å²) >= 11 is 0. The Hall–Kier alpha value is -1.68. The minimum absolute atomic E-state index is 0.229. The Kier molecular flexibility index (Phi) is 6.51. The third-order valence-corrected chi connectivity index (χ3v) is 4.98. The molecule has 23 heavy (non-hydrogen) atoms. The maximum atomic E-state index is 12.4. The summed E-state index contributed by atoms with van der Waals surface area (Å²) < 4.78 is 66.5. The summed E-state index contributed by atoms with van der Waals surface area (Å²) in [4.78, 5) is 15.1. The molecule has 1 aromatic heterocycles. The lowest BCUT2D eigenvalue weighted by atomic mass is 10.3. The number of amides is 1. The normalized spacial score (nSPS) is 13.6. The van der Waals surface area contributed by atoms with Crippen LogP contribution in [0.1, 0.15) is 18.9 Å². The Balaban J connectivity index is 2.83. The zero-order valence-electron chi connectivity index (χ0n) is 12.6. The van der Waals surface area contributed by atoms with Gasteiger partial charge in [-0.05, 0) is 25.5 Å². The summed E-state index contributed by atoms with van der Waals surface area (Å²) in [6, 6.07) is 1.36. The second kappa shape index (κ2) is 7.73. The largest absolute Gasteiger partial charge is 0.417 e. The Bertz CT molecular complexity index is 630. The van der Waals surface area contributed by atoms with Crippen LogP contribution in [0.5, 0.6) is 0 Å². The molecule has 1 aromatic rings. The van der Waals surface area contributed by atoms with E-state index in [0.717, 1.165) is 13.0 Å². The predicted octanol–water partition coefficient (Wildman–Crippen LogP) is 1.42. The van der Waals surface area contributed by atoms with Crippen molar-refractivity contribution in [3.8, 4) is 0 Å². The quantitative estimate of drug-likeness (QED) is 0.749. The molecule has 6 nitrogen and oxygen atoms in total. The van der Waals surface area contributed by atoms with Gasteiger partial charge in [0.25, 0.3) is 0 Å². The van der Waals surface area contributed by atoms with Crippen LogP contribution >= 0.6 is 0 Å². The van der Waals surface area contributed by atoms with Crippen molar-refractivity contribution in [3.05, 3.63) is 23.9 Å². The fourth-order valence-electron chi connectivity index (χ4n) is 1.61. The highest BCUT2D eigenvalue weighted by atomic mass is 32.2. The van der Waals surface area contributed by atoms with Crippen LogP contribution in [0.25, 0.3) is 0 Å². The van der Waals surface area contributed by atoms with Crippen LogP contribution in [0, 0.1) is 0 Å². The van der Waals surface area contributed by atoms with Crippen LogP contribution < -0.4 is 5.32 Å². The molecule has 0 fully saturated rings. The summed E-state index contributed by atoms with van der Waals surface area (Å²) in [7, 11) is -2.67. The standard InChI is InChI=1S/C13H17F3N2O4S/c1-9(12(19)17-6-3-7-22-2)23(20,21)11-5-4-10(8-18-11)13(14,15)16/h4-5,8-9H,3,6-7H2,1-2H3,(H,17,19). The molecular weight excluding hydrogens is 337 g/mol. The summed E-state index contributed by atoms with van der Waals surface area (Å²) in [6.07, 6.45) is -3.68. The van der Waals surface area contributed by atoms with E-state index in [1.54, 1.807) is 0 Å². The Labute approximate surface area is 132 Å². The van der Waals surface area contributed by atoms with Crippen molar-refractivity contribution in [2.24, 2.45) is 0 Å². The number of ether oxygens (including phenoxy) is 1. The van der Waals surface area contributed by atoms with Gasteiger partial charge in [0.15, 0.2) is 5.03 Å². The van der Waals surface area contributed by atoms with E-state index in [9.17, 15) is 26.4 Å². The lowest BCUT2D eigenvalue weighted by Crippen LogP contribution is -2.38. The van der Waals surface area contributed by atoms with Gasteiger partial charge in [0.1, 0.15) is 5.25 Å². The number of nitrogens with one attached hydrogen (secondary N) is 1. The van der Waals surface area contributed by atoms with Gasteiger partial charge in [0.05, 0.1) is 5.56 Å². The first kappa shape index (κ1) is 19.4. The van der Waals surface area contributed by atoms with Crippen LogP contribution in [0.4, 0.5) is 13.2 Å². The molecule has 0 aliphatic heterocycles. The van der Waals surface area contributed by atoms with E-state index >= 15 is 0 Å². The average Bonchev–Trinajstić information content (AvgIpc) is 2.49. The number of pyridine rings is 1. The first-order valence-electron chi connectivity index (χ1n) is 6.64. The van der Waals surface area contributed by atoms with Crippen molar-refractivity contribution in [1.29, 1.82) is 0 Å². The van der Waals surface area contributed by atoms with Crippen LogP contribution in [0.3, 0.4) is 0 Å². The molecule has 1 rings (SSSR count). The summed E-state index contributed by atoms with van der Waals surface area (Å²) in [5, 5.41) is 0.381. The molecule has 0 saturated heterocycles. The maximum Gasteiger partial charge on any atom is 0.417 e. The molecule has 1 N–H and O–H groups in total. The Morgan fingerprint density at radius 2 is 2.04 bits per heavy atom. The predicted molar refractivity (Wildman–Crippen MR) is 75.4 cm³/mol. The molecule has 0 spiro atoms. The van der Waals surface area contributed by atoms with E-state index in [-0.39, 0.29) is 6.54 Å². The van der Waals surface area contributed by atoms with Crippen molar-refractivity contribution in [2.75, 3.05) is 20.3 Å². The van der Waals surface area contributed by atoms with E-state index in [0.29, 0.717) is 25.3 Å². The summed E-state index contributed by atoms with van der Waals surface area (Å²) in [6.45, 7) is 1.79. The van der Waals surface area contributed by atoms with Gasteiger partial charge in [0, 0.05) is 26.5 Å². The van der Waals surface area contributed by atoms with Gasteiger partial charge in [0.2, 0.25) is 15.7 Å². The molecule has 0 bridgehead atoms. The SMILES string of the molecule is COCCCNC(=O)C(C)S(=O)(=O)c1ccc(C(F)(F)F)cn1. The van der Waals surface area contributed by atoms with E-state index in [4.69, 9.17) is 4.74 Å². The highest BCUT2D eigenvalue weighted by molar-refractivity contribution is 7.92. The highest BCUT2D eigenvalue weighted by Gasteiger charge is 2.34. The van der Waals surface area contributed by atoms with Crippen molar-refractivity contribution in [3.63, 3.8) is 0 Å². The fourth-order valence-corrected chi connectivity index (χ4v) is 2.79. The molecule has 0 radical (unpaired) electrons. The number of methoxy groups -OCH3 is 1. The molecule has 1 atom stereocenters. The first-order valence-corrected chi connectivity index (χ1v) is 8.19. The number of hydrogen-bond acceptors (Lipinski definition) is 5. The second-order valence-electron chi connectivity index (χ2n) is 4.71. The maximum absolute atomic E-state index is 12.4. The fraction of sp³-hybridized carbons (Fsp3) is 0.538. The number of carbonyl (C=O) groups is 1. The van der Waals surface area contributed by atoms with Crippen LogP contribution in [-0.2, 0) is 25.5 Å². The molecule has 130 valence electrons. The molecule has 0 aliphatic rings. The van der Waals surface area contributed by atoms with E-state index < -0.39 is 37.8 Å². The molecular formula is C13H17F3N2O4S. The molecule has 0 aromatic carbocycles. The van der Waals surface area contributed by atoms with Crippen LogP contribution in [0.15, 0.2) is 23.4 Å². The van der Waals surface area contributed by atoms with Crippen molar-refractivity contribution >= 4 is 15.7 Å². The zero-order chi connectivity index (χ0) is 17.7. The molecule has 0 aliphatic carbocycles. The lowest BCUT2D eigenvalue weighted by Gasteiger charge is -2.13. The molecule has 1 unspecified atom stereocenters. The van der Waals surface area contributed by atoms with Crippen molar-refractivity contribution < 1.29 is 31.1 Å². The Morgan fingerprint density at radius 1 is 1.39 bits per heavy atom. The number of rotatable bonds is 7. The van der Waals surface area contributed by atoms with Crippen molar-refractivity contribution in [2.45, 2.75) is 29.8 Å². The van der Waals surface area contributed by atoms with Gasteiger partial charge in [-0.1, -0.05) is 0 Å². The van der Waals surface area contributed by atoms with Gasteiger partial charge in [-0.2, -0.15) is 13.2 Å². The van der Waals surface area contributed by atoms with Crippen molar-refractivity contribution in [1.82, 2.24) is 10.3 Å². The van der Waals surface area contributed by atoms with Gasteiger partial charge >= 0.3 is 6.18 Å². The second-order valence-corrected chi connectivity index (χ2v) is 6.92. The number of halogens is 3. The molecule has 10 heteroatoms. The van der Waals surface area contributed by atoms with E-state index in [1.165, 1.54) is 7.11 Å². The third-order valence-electron chi connectivity index (χ3n) is 3.01. The van der Waals surface area contributed by atoms with Gasteiger partial charge < -0.3 is 10.1 Å². The van der Waals surface area contributed by atoms with Crippen LogP contribution in [-0.4, -0.2) is 44.8 Å². The first-order chi connectivity index (χ1) is 10.6. The highest BCUT2D eigenvalue weighted by Crippen LogP contribution is 2.29. The topological polar surface area (TPSA) is 85.4 Å². The number of hydrogen-bond donors (Lipinski definition) is 1. The smallest absolute Gasteiger partial charge is 0.385 e. The summed E-state index contributed by atoms with van der Waals surface area (Å²) in [5.74, 6) is -0.747. The number of carbonyl (C=O) groups excluding carboxylic acids is 1. The van der Waals surface area contributed by atoms with Gasteiger partial charge in [-0.3, -0.25) is 4.79 Å². The minimum Gasteiger partial charge on any atom is -0.385 e. The van der Waals surface area contributed by atoms with Gasteiger partial charge in [-0.15, -0.1) is 0 Å². The summed E-state index contributed by atoms with van der Waals surface area (Å²) in [5.41, 5.74) is -1.06. The number of nitrogens with zero attached hydrogens (tertiary/aromatic N) is 1. The zero-order valence-corrected chi connectivity index (χ0v) is 13.4. The molecule has 1 amide bonds. The van der Waals surface area contributed by atoms with E-state index in [2.05, 4.69) is 10.3 Å². The molecule has 0 saturated carbocycles. The average molecular weight is 354 g/mol. The number of alkyl halides is 3. The number of sulfone groups is 1. The third kappa shape index (κ3) is 5.17. The van der Waals surface area contributed by atoms with Gasteiger partial charge in [-0.25, -0.2) is 13.4 Å². The minimum atomic E-state index is -4.61. The van der Waals surface area contributed by atoms with Crippen LogP contribution in [0.2, 0.25) is 0 Å². The number of aromatic nitrogens is 1. The molecule has 1 heterocycles. The monoisotopic (exact) mass is 354 g/mol.